The molecule has 21 heavy (non-hydrogen) atoms. The first-order chi connectivity index (χ1) is 10.0. The molecule has 5 nitrogen and oxygen atoms in total. The number of nitrogens with one attached hydrogen (secondary N) is 1. The summed E-state index contributed by atoms with van der Waals surface area (Å²) in [5, 5.41) is 2.75. The molecule has 2 amide bonds. The molecule has 1 aromatic rings. The van der Waals surface area contributed by atoms with Gasteiger partial charge in [-0.2, -0.15) is 0 Å². The maximum Gasteiger partial charge on any atom is 0.254 e. The number of carbonyl (C=O) groups is 2. The van der Waals surface area contributed by atoms with Crippen LogP contribution in [0.25, 0.3) is 0 Å². The molecular formula is C15H19BrN2O3. The van der Waals surface area contributed by atoms with E-state index in [0.717, 1.165) is 10.0 Å². The molecule has 1 fully saturated rings. The van der Waals surface area contributed by atoms with Gasteiger partial charge >= 0.3 is 0 Å². The first-order valence-corrected chi connectivity index (χ1v) is 7.76. The van der Waals surface area contributed by atoms with Crippen LogP contribution in [0.4, 0.5) is 0 Å². The molecule has 1 unspecified atom stereocenters. The van der Waals surface area contributed by atoms with Crippen LogP contribution >= 0.6 is 15.9 Å². The third-order valence-corrected chi connectivity index (χ3v) is 4.34. The number of amides is 2. The Morgan fingerprint density at radius 3 is 2.90 bits per heavy atom. The zero-order valence-corrected chi connectivity index (χ0v) is 13.8. The minimum Gasteiger partial charge on any atom is -0.377 e. The number of aryl methyl sites for hydroxylation is 1. The van der Waals surface area contributed by atoms with E-state index >= 15 is 0 Å². The molecular weight excluding hydrogens is 336 g/mol. The Morgan fingerprint density at radius 1 is 1.48 bits per heavy atom. The topological polar surface area (TPSA) is 58.6 Å². The highest BCUT2D eigenvalue weighted by molar-refractivity contribution is 9.10. The number of hydrogen-bond donors (Lipinski definition) is 1. The van der Waals surface area contributed by atoms with E-state index < -0.39 is 6.04 Å². The van der Waals surface area contributed by atoms with E-state index in [0.29, 0.717) is 25.3 Å². The average Bonchev–Trinajstić information content (AvgIpc) is 2.49. The summed E-state index contributed by atoms with van der Waals surface area (Å²) in [7, 11) is 0. The molecule has 1 aliphatic heterocycles. The van der Waals surface area contributed by atoms with Gasteiger partial charge in [0.25, 0.3) is 5.91 Å². The van der Waals surface area contributed by atoms with Crippen molar-refractivity contribution in [2.24, 2.45) is 0 Å². The fraction of sp³-hybridized carbons (Fsp3) is 0.467. The third-order valence-electron chi connectivity index (χ3n) is 3.45. The zero-order chi connectivity index (χ0) is 15.4. The molecule has 1 saturated heterocycles. The van der Waals surface area contributed by atoms with Crippen LogP contribution in [0, 0.1) is 6.92 Å². The molecule has 0 saturated carbocycles. The number of ether oxygens (including phenoxy) is 1. The second-order valence-corrected chi connectivity index (χ2v) is 5.80. The summed E-state index contributed by atoms with van der Waals surface area (Å²) in [6.45, 7) is 5.45. The largest absolute Gasteiger partial charge is 0.377 e. The lowest BCUT2D eigenvalue weighted by atomic mass is 10.1. The molecule has 2 rings (SSSR count). The number of morpholine rings is 1. The highest BCUT2D eigenvalue weighted by Gasteiger charge is 2.33. The molecule has 1 aliphatic rings. The van der Waals surface area contributed by atoms with Gasteiger partial charge in [-0.3, -0.25) is 9.59 Å². The number of carbonyl (C=O) groups excluding carboxylic acids is 2. The molecule has 1 atom stereocenters. The van der Waals surface area contributed by atoms with Crippen LogP contribution in [0.1, 0.15) is 22.8 Å². The molecule has 0 bridgehead atoms. The van der Waals surface area contributed by atoms with Crippen LogP contribution in [0.5, 0.6) is 0 Å². The van der Waals surface area contributed by atoms with E-state index in [1.807, 2.05) is 26.0 Å². The van der Waals surface area contributed by atoms with Gasteiger partial charge in [-0.25, -0.2) is 0 Å². The first kappa shape index (κ1) is 16.0. The number of hydrogen-bond acceptors (Lipinski definition) is 3. The van der Waals surface area contributed by atoms with Crippen molar-refractivity contribution in [2.45, 2.75) is 19.9 Å². The summed E-state index contributed by atoms with van der Waals surface area (Å²) in [6.07, 6.45) is 0. The lowest BCUT2D eigenvalue weighted by Gasteiger charge is -2.34. The van der Waals surface area contributed by atoms with E-state index in [4.69, 9.17) is 4.74 Å². The van der Waals surface area contributed by atoms with Gasteiger partial charge in [0.1, 0.15) is 6.04 Å². The Balaban J connectivity index is 2.21. The fourth-order valence-corrected chi connectivity index (χ4v) is 2.55. The lowest BCUT2D eigenvalue weighted by molar-refractivity contribution is -0.130. The molecule has 0 aliphatic carbocycles. The standard InChI is InChI=1S/C15H19BrN2O3/c1-3-17-14(19)13-9-21-7-6-18(13)15(20)11-4-5-12(16)10(2)8-11/h4-5,8,13H,3,6-7,9H2,1-2H3,(H,17,19). The van der Waals surface area contributed by atoms with Crippen LogP contribution in [-0.2, 0) is 9.53 Å². The van der Waals surface area contributed by atoms with Crippen LogP contribution < -0.4 is 5.32 Å². The van der Waals surface area contributed by atoms with Gasteiger partial charge in [-0.15, -0.1) is 0 Å². The second-order valence-electron chi connectivity index (χ2n) is 4.95. The van der Waals surface area contributed by atoms with Crippen LogP contribution in [-0.4, -0.2) is 49.1 Å². The Hall–Kier alpha value is -1.40. The van der Waals surface area contributed by atoms with E-state index in [2.05, 4.69) is 21.2 Å². The van der Waals surface area contributed by atoms with Crippen molar-refractivity contribution in [3.05, 3.63) is 33.8 Å². The summed E-state index contributed by atoms with van der Waals surface area (Å²) < 4.78 is 6.31. The van der Waals surface area contributed by atoms with Crippen molar-refractivity contribution < 1.29 is 14.3 Å². The number of benzene rings is 1. The number of nitrogens with zero attached hydrogens (tertiary/aromatic N) is 1. The van der Waals surface area contributed by atoms with Crippen molar-refractivity contribution in [3.63, 3.8) is 0 Å². The second kappa shape index (κ2) is 7.04. The van der Waals surface area contributed by atoms with Crippen molar-refractivity contribution in [2.75, 3.05) is 26.3 Å². The zero-order valence-electron chi connectivity index (χ0n) is 12.2. The molecule has 114 valence electrons. The minimum atomic E-state index is -0.560. The van der Waals surface area contributed by atoms with E-state index in [1.165, 1.54) is 0 Å². The van der Waals surface area contributed by atoms with Gasteiger partial charge < -0.3 is 15.0 Å². The summed E-state index contributed by atoms with van der Waals surface area (Å²) in [4.78, 5) is 26.3. The quantitative estimate of drug-likeness (QED) is 0.899. The van der Waals surface area contributed by atoms with Crippen molar-refractivity contribution in [1.29, 1.82) is 0 Å². The van der Waals surface area contributed by atoms with Gasteiger partial charge in [0.15, 0.2) is 0 Å². The molecule has 6 heteroatoms. The summed E-state index contributed by atoms with van der Waals surface area (Å²) in [6, 6.07) is 4.89. The smallest absolute Gasteiger partial charge is 0.254 e. The highest BCUT2D eigenvalue weighted by atomic mass is 79.9. The van der Waals surface area contributed by atoms with E-state index in [-0.39, 0.29) is 18.4 Å². The van der Waals surface area contributed by atoms with Crippen molar-refractivity contribution >= 4 is 27.7 Å². The molecule has 0 spiro atoms. The fourth-order valence-electron chi connectivity index (χ4n) is 2.30. The van der Waals surface area contributed by atoms with Gasteiger partial charge in [0, 0.05) is 23.1 Å². The molecule has 1 N–H and O–H groups in total. The highest BCUT2D eigenvalue weighted by Crippen LogP contribution is 2.19. The SMILES string of the molecule is CCNC(=O)C1COCCN1C(=O)c1ccc(Br)c(C)c1. The number of rotatable bonds is 3. The van der Waals surface area contributed by atoms with E-state index in [1.54, 1.807) is 11.0 Å². The molecule has 1 heterocycles. The minimum absolute atomic E-state index is 0.134. The Morgan fingerprint density at radius 2 is 2.24 bits per heavy atom. The lowest BCUT2D eigenvalue weighted by Crippen LogP contribution is -2.55. The van der Waals surface area contributed by atoms with Gasteiger partial charge in [0.05, 0.1) is 13.2 Å². The predicted molar refractivity (Wildman–Crippen MR) is 83.2 cm³/mol. The average molecular weight is 355 g/mol. The monoisotopic (exact) mass is 354 g/mol. The summed E-state index contributed by atoms with van der Waals surface area (Å²) in [5.74, 6) is -0.301. The van der Waals surface area contributed by atoms with Crippen molar-refractivity contribution in [1.82, 2.24) is 10.2 Å². The van der Waals surface area contributed by atoms with Gasteiger partial charge in [-0.1, -0.05) is 15.9 Å². The molecule has 0 aromatic heterocycles. The predicted octanol–water partition coefficient (Wildman–Crippen LogP) is 1.73. The van der Waals surface area contributed by atoms with Gasteiger partial charge in [-0.05, 0) is 37.6 Å². The Bertz CT molecular complexity index is 548. The van der Waals surface area contributed by atoms with Crippen molar-refractivity contribution in [3.8, 4) is 0 Å². The van der Waals surface area contributed by atoms with Crippen LogP contribution in [0.2, 0.25) is 0 Å². The molecule has 1 aromatic carbocycles. The van der Waals surface area contributed by atoms with Gasteiger partial charge in [0.2, 0.25) is 5.91 Å². The van der Waals surface area contributed by atoms with Crippen LogP contribution in [0.3, 0.4) is 0 Å². The maximum absolute atomic E-state index is 12.7. The Labute approximate surface area is 132 Å². The summed E-state index contributed by atoms with van der Waals surface area (Å²) in [5.41, 5.74) is 1.58. The third kappa shape index (κ3) is 3.63. The Kier molecular flexibility index (Phi) is 5.36. The summed E-state index contributed by atoms with van der Waals surface area (Å²) >= 11 is 3.42. The normalized spacial score (nSPS) is 18.4. The first-order valence-electron chi connectivity index (χ1n) is 6.97. The number of halogens is 1. The maximum atomic E-state index is 12.7. The number of likely N-dealkylation sites (N-methyl/N-ethyl adjacent to an activating group) is 1. The van der Waals surface area contributed by atoms with E-state index in [9.17, 15) is 9.59 Å². The molecule has 0 radical (unpaired) electrons. The van der Waals surface area contributed by atoms with Crippen LogP contribution in [0.15, 0.2) is 22.7 Å².